The van der Waals surface area contributed by atoms with E-state index >= 15 is 0 Å². The summed E-state index contributed by atoms with van der Waals surface area (Å²) in [7, 11) is 0. The smallest absolute Gasteiger partial charge is 0.134 e. The van der Waals surface area contributed by atoms with E-state index in [1.54, 1.807) is 0 Å². The van der Waals surface area contributed by atoms with E-state index < -0.39 is 0 Å². The second-order valence-electron chi connectivity index (χ2n) is 3.77. The molecule has 0 fully saturated rings. The minimum atomic E-state index is 0.873. The topological polar surface area (TPSA) is 37.5 Å². The van der Waals surface area contributed by atoms with Gasteiger partial charge in [0.15, 0.2) is 0 Å². The number of amidine groups is 1. The molecule has 3 rings (SSSR count). The van der Waals surface area contributed by atoms with Crippen LogP contribution in [0.15, 0.2) is 33.7 Å². The normalized spacial score (nSPS) is 15.4. The molecule has 0 unspecified atom stereocenters. The van der Waals surface area contributed by atoms with E-state index in [-0.39, 0.29) is 0 Å². The van der Waals surface area contributed by atoms with Crippen LogP contribution in [0.5, 0.6) is 0 Å². The Kier molecular flexibility index (Phi) is 1.78. The van der Waals surface area contributed by atoms with Crippen LogP contribution in [0.1, 0.15) is 11.3 Å². The number of nitrogens with zero attached hydrogens (tertiary/aromatic N) is 1. The van der Waals surface area contributed by atoms with Crippen molar-refractivity contribution in [3.05, 3.63) is 35.6 Å². The molecule has 1 N–H and O–H groups in total. The molecule has 0 saturated heterocycles. The number of aliphatic imine (C=N–C) groups is 1. The quantitative estimate of drug-likeness (QED) is 0.765. The molecule has 0 amide bonds. The van der Waals surface area contributed by atoms with Gasteiger partial charge in [-0.2, -0.15) is 0 Å². The number of rotatable bonds is 1. The van der Waals surface area contributed by atoms with Crippen molar-refractivity contribution in [2.45, 2.75) is 6.92 Å². The summed E-state index contributed by atoms with van der Waals surface area (Å²) in [4.78, 5) is 4.39. The molecular formula is C12H12N2O. The summed E-state index contributed by atoms with van der Waals surface area (Å²) in [5, 5.41) is 4.40. The Labute approximate surface area is 87.8 Å². The molecule has 15 heavy (non-hydrogen) atoms. The second-order valence-corrected chi connectivity index (χ2v) is 3.77. The van der Waals surface area contributed by atoms with Gasteiger partial charge in [-0.1, -0.05) is 0 Å². The highest BCUT2D eigenvalue weighted by Gasteiger charge is 2.09. The highest BCUT2D eigenvalue weighted by atomic mass is 16.3. The van der Waals surface area contributed by atoms with Crippen LogP contribution < -0.4 is 5.32 Å². The average molecular weight is 200 g/mol. The van der Waals surface area contributed by atoms with Gasteiger partial charge < -0.3 is 9.73 Å². The Morgan fingerprint density at radius 2 is 2.27 bits per heavy atom. The van der Waals surface area contributed by atoms with Crippen molar-refractivity contribution < 1.29 is 4.42 Å². The van der Waals surface area contributed by atoms with Gasteiger partial charge in [0, 0.05) is 17.5 Å². The van der Waals surface area contributed by atoms with Crippen LogP contribution in [0.4, 0.5) is 0 Å². The molecule has 0 atom stereocenters. The number of benzene rings is 1. The summed E-state index contributed by atoms with van der Waals surface area (Å²) in [6.07, 6.45) is 0. The molecule has 0 aliphatic carbocycles. The lowest BCUT2D eigenvalue weighted by molar-refractivity contribution is 0.578. The van der Waals surface area contributed by atoms with E-state index in [2.05, 4.69) is 16.4 Å². The number of hydrogen-bond acceptors (Lipinski definition) is 3. The van der Waals surface area contributed by atoms with Crippen LogP contribution in [-0.4, -0.2) is 18.9 Å². The molecule has 3 nitrogen and oxygen atoms in total. The molecule has 3 heteroatoms. The molecule has 2 heterocycles. The van der Waals surface area contributed by atoms with Crippen LogP contribution in [0.25, 0.3) is 11.0 Å². The zero-order chi connectivity index (χ0) is 10.3. The fraction of sp³-hybridized carbons (Fsp3) is 0.250. The van der Waals surface area contributed by atoms with Crippen molar-refractivity contribution in [2.24, 2.45) is 4.99 Å². The molecule has 0 bridgehead atoms. The summed E-state index contributed by atoms with van der Waals surface area (Å²) in [6.45, 7) is 3.78. The summed E-state index contributed by atoms with van der Waals surface area (Å²) in [5.41, 5.74) is 2.08. The maximum atomic E-state index is 5.53. The van der Waals surface area contributed by atoms with Crippen molar-refractivity contribution in [1.82, 2.24) is 5.32 Å². The first-order valence-corrected chi connectivity index (χ1v) is 5.12. The predicted octanol–water partition coefficient (Wildman–Crippen LogP) is 2.09. The SMILES string of the molecule is Cc1cc2cc(C3=NCCN3)ccc2o1. The molecular weight excluding hydrogens is 188 g/mol. The summed E-state index contributed by atoms with van der Waals surface area (Å²) >= 11 is 0. The molecule has 1 aromatic heterocycles. The summed E-state index contributed by atoms with van der Waals surface area (Å²) < 4.78 is 5.53. The number of aryl methyl sites for hydroxylation is 1. The monoisotopic (exact) mass is 200 g/mol. The second kappa shape index (κ2) is 3.12. The van der Waals surface area contributed by atoms with Crippen LogP contribution in [0.3, 0.4) is 0 Å². The zero-order valence-corrected chi connectivity index (χ0v) is 8.58. The lowest BCUT2D eigenvalue weighted by atomic mass is 10.1. The zero-order valence-electron chi connectivity index (χ0n) is 8.58. The lowest BCUT2D eigenvalue weighted by Gasteiger charge is -2.01. The maximum absolute atomic E-state index is 5.53. The predicted molar refractivity (Wildman–Crippen MR) is 60.4 cm³/mol. The van der Waals surface area contributed by atoms with Gasteiger partial charge in [0.05, 0.1) is 6.54 Å². The molecule has 0 radical (unpaired) electrons. The van der Waals surface area contributed by atoms with Gasteiger partial charge >= 0.3 is 0 Å². The van der Waals surface area contributed by atoms with Gasteiger partial charge in [0.25, 0.3) is 0 Å². The molecule has 2 aromatic rings. The van der Waals surface area contributed by atoms with Crippen LogP contribution in [0.2, 0.25) is 0 Å². The van der Waals surface area contributed by atoms with Crippen molar-refractivity contribution in [3.8, 4) is 0 Å². The average Bonchev–Trinajstić information content (AvgIpc) is 2.82. The maximum Gasteiger partial charge on any atom is 0.134 e. The number of fused-ring (bicyclic) bond motifs is 1. The third kappa shape index (κ3) is 1.40. The van der Waals surface area contributed by atoms with E-state index in [1.165, 1.54) is 0 Å². The highest BCUT2D eigenvalue weighted by molar-refractivity contribution is 6.02. The van der Waals surface area contributed by atoms with Gasteiger partial charge in [-0.25, -0.2) is 0 Å². The van der Waals surface area contributed by atoms with Crippen LogP contribution in [0, 0.1) is 6.92 Å². The Bertz CT molecular complexity index is 540. The van der Waals surface area contributed by atoms with E-state index in [4.69, 9.17) is 4.42 Å². The standard InChI is InChI=1S/C12H12N2O/c1-8-6-10-7-9(2-3-11(10)15-8)12-13-4-5-14-12/h2-3,6-7H,4-5H2,1H3,(H,13,14). The fourth-order valence-corrected chi connectivity index (χ4v) is 1.91. The van der Waals surface area contributed by atoms with Gasteiger partial charge in [-0.05, 0) is 31.2 Å². The van der Waals surface area contributed by atoms with Gasteiger partial charge in [-0.3, -0.25) is 4.99 Å². The molecule has 76 valence electrons. The van der Waals surface area contributed by atoms with E-state index in [0.717, 1.165) is 41.2 Å². The van der Waals surface area contributed by atoms with Crippen molar-refractivity contribution in [3.63, 3.8) is 0 Å². The number of nitrogens with one attached hydrogen (secondary N) is 1. The fourth-order valence-electron chi connectivity index (χ4n) is 1.91. The number of furan rings is 1. The molecule has 1 aliphatic heterocycles. The third-order valence-electron chi connectivity index (χ3n) is 2.59. The minimum Gasteiger partial charge on any atom is -0.461 e. The van der Waals surface area contributed by atoms with E-state index in [1.807, 2.05) is 25.1 Å². The highest BCUT2D eigenvalue weighted by Crippen LogP contribution is 2.20. The van der Waals surface area contributed by atoms with E-state index in [9.17, 15) is 0 Å². The number of hydrogen-bond donors (Lipinski definition) is 1. The van der Waals surface area contributed by atoms with Crippen molar-refractivity contribution in [1.29, 1.82) is 0 Å². The van der Waals surface area contributed by atoms with Crippen molar-refractivity contribution >= 4 is 16.8 Å². The summed E-state index contributed by atoms with van der Waals surface area (Å²) in [6, 6.07) is 8.21. The molecule has 0 spiro atoms. The van der Waals surface area contributed by atoms with Crippen LogP contribution in [-0.2, 0) is 0 Å². The van der Waals surface area contributed by atoms with Crippen molar-refractivity contribution in [2.75, 3.05) is 13.1 Å². The first kappa shape index (κ1) is 8.53. The van der Waals surface area contributed by atoms with Gasteiger partial charge in [-0.15, -0.1) is 0 Å². The molecule has 0 saturated carbocycles. The summed E-state index contributed by atoms with van der Waals surface area (Å²) in [5.74, 6) is 1.94. The molecule has 1 aliphatic rings. The first-order chi connectivity index (χ1) is 7.33. The Morgan fingerprint density at radius 1 is 1.33 bits per heavy atom. The minimum absolute atomic E-state index is 0.873. The van der Waals surface area contributed by atoms with Crippen LogP contribution >= 0.6 is 0 Å². The molecule has 1 aromatic carbocycles. The van der Waals surface area contributed by atoms with Gasteiger partial charge in [0.1, 0.15) is 17.2 Å². The third-order valence-corrected chi connectivity index (χ3v) is 2.59. The van der Waals surface area contributed by atoms with Gasteiger partial charge in [0.2, 0.25) is 0 Å². The first-order valence-electron chi connectivity index (χ1n) is 5.12. The van der Waals surface area contributed by atoms with E-state index in [0.29, 0.717) is 0 Å². The Morgan fingerprint density at radius 3 is 3.07 bits per heavy atom. The Hall–Kier alpha value is -1.77. The Balaban J connectivity index is 2.12. The largest absolute Gasteiger partial charge is 0.461 e. The lowest BCUT2D eigenvalue weighted by Crippen LogP contribution is -2.19.